The largest absolute Gasteiger partial charge is 0.362 e. The smallest absolute Gasteiger partial charge is 0.241 e. The molecule has 1 aliphatic rings. The van der Waals surface area contributed by atoms with Gasteiger partial charge in [0.1, 0.15) is 0 Å². The molecule has 1 aromatic carbocycles. The molecule has 0 bridgehead atoms. The first-order valence-corrected chi connectivity index (χ1v) is 5.70. The summed E-state index contributed by atoms with van der Waals surface area (Å²) in [5, 5.41) is 8.87. The predicted molar refractivity (Wildman–Crippen MR) is 65.6 cm³/mol. The van der Waals surface area contributed by atoms with E-state index in [9.17, 15) is 4.79 Å². The molecule has 4 nitrogen and oxygen atoms in total. The van der Waals surface area contributed by atoms with Crippen LogP contribution in [0.2, 0.25) is 0 Å². The molecule has 0 spiro atoms. The molecule has 1 amide bonds. The standard InChI is InChI=1S/C13H15N3O/c1-15-6-3-7-16(10-13(15)17)12-5-2-4-11(8-12)9-14/h2,4-5,8H,3,6-7,10H2,1H3. The highest BCUT2D eigenvalue weighted by molar-refractivity contribution is 5.81. The number of nitrogens with zero attached hydrogens (tertiary/aromatic N) is 3. The summed E-state index contributed by atoms with van der Waals surface area (Å²) in [6, 6.07) is 9.52. The Labute approximate surface area is 101 Å². The van der Waals surface area contributed by atoms with Gasteiger partial charge >= 0.3 is 0 Å². The minimum Gasteiger partial charge on any atom is -0.362 e. The Morgan fingerprint density at radius 3 is 2.94 bits per heavy atom. The maximum atomic E-state index is 11.8. The van der Waals surface area contributed by atoms with Crippen LogP contribution in [0.25, 0.3) is 0 Å². The van der Waals surface area contributed by atoms with E-state index in [1.165, 1.54) is 0 Å². The number of rotatable bonds is 1. The quantitative estimate of drug-likeness (QED) is 0.727. The lowest BCUT2D eigenvalue weighted by atomic mass is 10.2. The minimum atomic E-state index is 0.130. The van der Waals surface area contributed by atoms with Gasteiger partial charge in [0, 0.05) is 25.8 Å². The highest BCUT2D eigenvalue weighted by atomic mass is 16.2. The molecule has 0 N–H and O–H groups in total. The van der Waals surface area contributed by atoms with Gasteiger partial charge in [0.05, 0.1) is 18.2 Å². The van der Waals surface area contributed by atoms with Gasteiger partial charge in [0.25, 0.3) is 0 Å². The highest BCUT2D eigenvalue weighted by Crippen LogP contribution is 2.17. The fourth-order valence-electron chi connectivity index (χ4n) is 1.98. The van der Waals surface area contributed by atoms with Crippen molar-refractivity contribution < 1.29 is 4.79 Å². The third-order valence-electron chi connectivity index (χ3n) is 3.01. The molecule has 0 unspecified atom stereocenters. The molecule has 1 fully saturated rings. The summed E-state index contributed by atoms with van der Waals surface area (Å²) in [6.45, 7) is 2.05. The molecule has 0 saturated carbocycles. The number of hydrogen-bond acceptors (Lipinski definition) is 3. The van der Waals surface area contributed by atoms with Crippen molar-refractivity contribution in [2.45, 2.75) is 6.42 Å². The van der Waals surface area contributed by atoms with Gasteiger partial charge in [-0.2, -0.15) is 5.26 Å². The number of hydrogen-bond donors (Lipinski definition) is 0. The summed E-state index contributed by atoms with van der Waals surface area (Å²) in [4.78, 5) is 15.6. The lowest BCUT2D eigenvalue weighted by molar-refractivity contribution is -0.127. The third-order valence-corrected chi connectivity index (χ3v) is 3.01. The molecule has 2 rings (SSSR count). The van der Waals surface area contributed by atoms with Crippen molar-refractivity contribution in [3.63, 3.8) is 0 Å². The van der Waals surface area contributed by atoms with Gasteiger partial charge < -0.3 is 9.80 Å². The number of carbonyl (C=O) groups is 1. The first-order chi connectivity index (χ1) is 8.20. The van der Waals surface area contributed by atoms with E-state index in [-0.39, 0.29) is 5.91 Å². The molecule has 1 aliphatic heterocycles. The molecular weight excluding hydrogens is 214 g/mol. The SMILES string of the molecule is CN1CCCN(c2cccc(C#N)c2)CC1=O. The van der Waals surface area contributed by atoms with Gasteiger partial charge in [-0.3, -0.25) is 4.79 Å². The first kappa shape index (κ1) is 11.5. The second kappa shape index (κ2) is 4.88. The Morgan fingerprint density at radius 1 is 1.35 bits per heavy atom. The fraction of sp³-hybridized carbons (Fsp3) is 0.385. The van der Waals surface area contributed by atoms with E-state index in [2.05, 4.69) is 6.07 Å². The van der Waals surface area contributed by atoms with Crippen LogP contribution in [0.4, 0.5) is 5.69 Å². The fourth-order valence-corrected chi connectivity index (χ4v) is 1.98. The average Bonchev–Trinajstić information content (AvgIpc) is 2.52. The maximum absolute atomic E-state index is 11.8. The van der Waals surface area contributed by atoms with Crippen LogP contribution in [0.3, 0.4) is 0 Å². The van der Waals surface area contributed by atoms with Crippen molar-refractivity contribution in [1.29, 1.82) is 5.26 Å². The summed E-state index contributed by atoms with van der Waals surface area (Å²) in [6.07, 6.45) is 0.957. The van der Waals surface area contributed by atoms with Crippen LogP contribution in [-0.4, -0.2) is 37.5 Å². The minimum absolute atomic E-state index is 0.130. The van der Waals surface area contributed by atoms with Gasteiger partial charge in [0.2, 0.25) is 5.91 Å². The van der Waals surface area contributed by atoms with Crippen LogP contribution in [0, 0.1) is 11.3 Å². The second-order valence-corrected chi connectivity index (χ2v) is 4.25. The Morgan fingerprint density at radius 2 is 2.18 bits per heavy atom. The Balaban J connectivity index is 2.21. The van der Waals surface area contributed by atoms with E-state index in [1.807, 2.05) is 30.1 Å². The Hall–Kier alpha value is -2.02. The van der Waals surface area contributed by atoms with Crippen LogP contribution in [0.5, 0.6) is 0 Å². The van der Waals surface area contributed by atoms with E-state index in [0.29, 0.717) is 12.1 Å². The average molecular weight is 229 g/mol. The summed E-state index contributed by atoms with van der Waals surface area (Å²) >= 11 is 0. The first-order valence-electron chi connectivity index (χ1n) is 5.70. The van der Waals surface area contributed by atoms with Gasteiger partial charge in [-0.15, -0.1) is 0 Å². The van der Waals surface area contributed by atoms with E-state index in [4.69, 9.17) is 5.26 Å². The lowest BCUT2D eigenvalue weighted by Crippen LogP contribution is -2.34. The van der Waals surface area contributed by atoms with Crippen LogP contribution >= 0.6 is 0 Å². The lowest BCUT2D eigenvalue weighted by Gasteiger charge is -2.21. The summed E-state index contributed by atoms with van der Waals surface area (Å²) in [5.41, 5.74) is 1.58. The molecule has 1 heterocycles. The zero-order chi connectivity index (χ0) is 12.3. The zero-order valence-electron chi connectivity index (χ0n) is 9.89. The number of nitriles is 1. The monoisotopic (exact) mass is 229 g/mol. The van der Waals surface area contributed by atoms with Crippen LogP contribution in [0.15, 0.2) is 24.3 Å². The molecule has 1 saturated heterocycles. The molecule has 88 valence electrons. The molecule has 0 atom stereocenters. The normalized spacial score (nSPS) is 16.6. The summed E-state index contributed by atoms with van der Waals surface area (Å²) in [5.74, 6) is 0.130. The van der Waals surface area contributed by atoms with E-state index in [1.54, 1.807) is 11.0 Å². The molecular formula is C13H15N3O. The third kappa shape index (κ3) is 2.56. The number of carbonyl (C=O) groups excluding carboxylic acids is 1. The molecule has 0 aromatic heterocycles. The summed E-state index contributed by atoms with van der Waals surface area (Å²) < 4.78 is 0. The predicted octanol–water partition coefficient (Wildman–Crippen LogP) is 1.23. The van der Waals surface area contributed by atoms with E-state index < -0.39 is 0 Å². The number of benzene rings is 1. The molecule has 17 heavy (non-hydrogen) atoms. The van der Waals surface area contributed by atoms with Crippen molar-refractivity contribution in [3.8, 4) is 6.07 Å². The Kier molecular flexibility index (Phi) is 3.29. The number of amides is 1. The van der Waals surface area contributed by atoms with Crippen LogP contribution in [0.1, 0.15) is 12.0 Å². The van der Waals surface area contributed by atoms with Crippen molar-refractivity contribution in [1.82, 2.24) is 4.90 Å². The maximum Gasteiger partial charge on any atom is 0.241 e. The summed E-state index contributed by atoms with van der Waals surface area (Å²) in [7, 11) is 1.83. The molecule has 0 aliphatic carbocycles. The van der Waals surface area contributed by atoms with Crippen molar-refractivity contribution in [3.05, 3.63) is 29.8 Å². The topological polar surface area (TPSA) is 47.3 Å². The van der Waals surface area contributed by atoms with Gasteiger partial charge in [-0.25, -0.2) is 0 Å². The van der Waals surface area contributed by atoms with Crippen molar-refractivity contribution in [2.75, 3.05) is 31.6 Å². The van der Waals surface area contributed by atoms with Crippen molar-refractivity contribution in [2.24, 2.45) is 0 Å². The highest BCUT2D eigenvalue weighted by Gasteiger charge is 2.19. The van der Waals surface area contributed by atoms with Gasteiger partial charge in [-0.05, 0) is 24.6 Å². The molecule has 4 heteroatoms. The van der Waals surface area contributed by atoms with E-state index in [0.717, 1.165) is 25.2 Å². The zero-order valence-corrected chi connectivity index (χ0v) is 9.89. The van der Waals surface area contributed by atoms with Crippen LogP contribution < -0.4 is 4.90 Å². The van der Waals surface area contributed by atoms with E-state index >= 15 is 0 Å². The Bertz CT molecular complexity index is 464. The molecule has 1 aromatic rings. The molecule has 0 radical (unpaired) electrons. The second-order valence-electron chi connectivity index (χ2n) is 4.25. The van der Waals surface area contributed by atoms with Crippen LogP contribution in [-0.2, 0) is 4.79 Å². The number of anilines is 1. The van der Waals surface area contributed by atoms with Gasteiger partial charge in [0.15, 0.2) is 0 Å². The number of likely N-dealkylation sites (N-methyl/N-ethyl adjacent to an activating group) is 1. The van der Waals surface area contributed by atoms with Gasteiger partial charge in [-0.1, -0.05) is 6.07 Å². The van der Waals surface area contributed by atoms with Crippen molar-refractivity contribution >= 4 is 11.6 Å².